The van der Waals surface area contributed by atoms with Crippen LogP contribution in [0.25, 0.3) is 0 Å². The minimum Gasteiger partial charge on any atom is -0.326 e. The Morgan fingerprint density at radius 1 is 1.21 bits per heavy atom. The van der Waals surface area contributed by atoms with E-state index in [1.807, 2.05) is 0 Å². The maximum Gasteiger partial charge on any atom is 0.243 e. The number of carbonyl (C=O) groups is 1. The third-order valence-corrected chi connectivity index (χ3v) is 7.09. The van der Waals surface area contributed by atoms with Crippen molar-refractivity contribution in [2.45, 2.75) is 43.5 Å². The summed E-state index contributed by atoms with van der Waals surface area (Å²) in [7, 11) is -3.72. The largest absolute Gasteiger partial charge is 0.326 e. The smallest absolute Gasteiger partial charge is 0.243 e. The number of hydrogen-bond donors (Lipinski definition) is 1. The Labute approximate surface area is 169 Å². The van der Waals surface area contributed by atoms with Crippen LogP contribution in [0.3, 0.4) is 0 Å². The van der Waals surface area contributed by atoms with Crippen molar-refractivity contribution in [2.75, 3.05) is 11.9 Å². The lowest BCUT2D eigenvalue weighted by Gasteiger charge is -2.34. The number of carbonyl (C=O) groups excluding carboxylic acids is 1. The van der Waals surface area contributed by atoms with E-state index >= 15 is 0 Å². The van der Waals surface area contributed by atoms with Gasteiger partial charge >= 0.3 is 0 Å². The Morgan fingerprint density at radius 2 is 1.93 bits per heavy atom. The van der Waals surface area contributed by atoms with Gasteiger partial charge in [-0.2, -0.15) is 4.31 Å². The van der Waals surface area contributed by atoms with Crippen molar-refractivity contribution in [3.63, 3.8) is 0 Å². The lowest BCUT2D eigenvalue weighted by Crippen LogP contribution is -2.45. The van der Waals surface area contributed by atoms with Crippen molar-refractivity contribution >= 4 is 33.2 Å². The van der Waals surface area contributed by atoms with Gasteiger partial charge in [-0.25, -0.2) is 12.8 Å². The average molecular weight is 425 g/mol. The van der Waals surface area contributed by atoms with Crippen LogP contribution in [0.1, 0.15) is 31.2 Å². The minimum atomic E-state index is -3.72. The fourth-order valence-electron chi connectivity index (χ4n) is 3.33. The zero-order valence-corrected chi connectivity index (χ0v) is 17.1. The number of piperidine rings is 1. The molecule has 0 radical (unpaired) electrons. The molecule has 1 N–H and O–H groups in total. The van der Waals surface area contributed by atoms with Crippen molar-refractivity contribution < 1.29 is 17.6 Å². The van der Waals surface area contributed by atoms with Crippen molar-refractivity contribution in [1.29, 1.82) is 0 Å². The van der Waals surface area contributed by atoms with Gasteiger partial charge in [0.15, 0.2) is 0 Å². The third kappa shape index (κ3) is 4.71. The normalized spacial score (nSPS) is 18.0. The van der Waals surface area contributed by atoms with E-state index in [0.29, 0.717) is 29.2 Å². The van der Waals surface area contributed by atoms with E-state index < -0.39 is 21.9 Å². The second kappa shape index (κ2) is 8.59. The van der Waals surface area contributed by atoms with E-state index in [2.05, 4.69) is 5.32 Å². The van der Waals surface area contributed by atoms with E-state index in [9.17, 15) is 17.6 Å². The molecular formula is C20H22ClFN2O3S. The molecule has 1 heterocycles. The molecule has 0 aliphatic carbocycles. The number of sulfonamides is 1. The van der Waals surface area contributed by atoms with Gasteiger partial charge in [0.2, 0.25) is 15.9 Å². The highest BCUT2D eigenvalue weighted by molar-refractivity contribution is 7.89. The Balaban J connectivity index is 1.74. The molecule has 5 nitrogen and oxygen atoms in total. The van der Waals surface area contributed by atoms with Crippen LogP contribution in [-0.4, -0.2) is 31.2 Å². The second-order valence-electron chi connectivity index (χ2n) is 6.94. The number of nitrogens with one attached hydrogen (secondary N) is 1. The van der Waals surface area contributed by atoms with E-state index in [4.69, 9.17) is 11.6 Å². The molecule has 1 amide bonds. The number of rotatable bonds is 5. The van der Waals surface area contributed by atoms with Gasteiger partial charge in [-0.05, 0) is 61.7 Å². The van der Waals surface area contributed by atoms with Gasteiger partial charge in [0.05, 0.1) is 4.90 Å². The van der Waals surface area contributed by atoms with Crippen LogP contribution in [0.15, 0.2) is 47.4 Å². The number of aryl methyl sites for hydroxylation is 1. The molecule has 1 aliphatic heterocycles. The SMILES string of the molecule is Cc1ccc(NC(=O)C[C@@H]2CCCCN2S(=O)(=O)c2ccc(Cl)cc2)cc1F. The molecule has 3 rings (SSSR count). The fraction of sp³-hybridized carbons (Fsp3) is 0.350. The Hall–Kier alpha value is -1.96. The van der Waals surface area contributed by atoms with Gasteiger partial charge in [0, 0.05) is 29.7 Å². The highest BCUT2D eigenvalue weighted by Gasteiger charge is 2.34. The average Bonchev–Trinajstić information content (AvgIpc) is 2.65. The number of anilines is 1. The number of halogens is 2. The molecule has 8 heteroatoms. The summed E-state index contributed by atoms with van der Waals surface area (Å²) < 4.78 is 41.1. The molecule has 0 unspecified atom stereocenters. The third-order valence-electron chi connectivity index (χ3n) is 4.87. The molecule has 1 fully saturated rings. The quantitative estimate of drug-likeness (QED) is 0.775. The number of amides is 1. The molecule has 28 heavy (non-hydrogen) atoms. The minimum absolute atomic E-state index is 0.0162. The summed E-state index contributed by atoms with van der Waals surface area (Å²) in [5.74, 6) is -0.742. The molecule has 1 saturated heterocycles. The molecule has 0 aromatic heterocycles. The molecular weight excluding hydrogens is 403 g/mol. The molecule has 2 aromatic rings. The van der Waals surface area contributed by atoms with E-state index in [1.165, 1.54) is 34.6 Å². The predicted octanol–water partition coefficient (Wildman–Crippen LogP) is 4.36. The first-order valence-electron chi connectivity index (χ1n) is 9.11. The zero-order chi connectivity index (χ0) is 20.3. The first-order chi connectivity index (χ1) is 13.3. The summed E-state index contributed by atoms with van der Waals surface area (Å²) in [4.78, 5) is 12.6. The molecule has 0 saturated carbocycles. The summed E-state index contributed by atoms with van der Waals surface area (Å²) in [6.07, 6.45) is 2.21. The van der Waals surface area contributed by atoms with E-state index in [-0.39, 0.29) is 17.2 Å². The standard InChI is InChI=1S/C20H22ClFN2O3S/c1-14-5-8-16(12-19(14)22)23-20(25)13-17-4-2-3-11-24(17)28(26,27)18-9-6-15(21)7-10-18/h5-10,12,17H,2-4,11,13H2,1H3,(H,23,25)/t17-/m0/s1. The molecule has 0 bridgehead atoms. The topological polar surface area (TPSA) is 66.5 Å². The van der Waals surface area contributed by atoms with Crippen molar-refractivity contribution in [3.05, 3.63) is 58.9 Å². The first kappa shape index (κ1) is 20.8. The molecule has 1 aliphatic rings. The summed E-state index contributed by atoms with van der Waals surface area (Å²) >= 11 is 5.85. The zero-order valence-electron chi connectivity index (χ0n) is 15.5. The summed E-state index contributed by atoms with van der Waals surface area (Å²) in [6, 6.07) is 10.0. The Kier molecular flexibility index (Phi) is 6.37. The highest BCUT2D eigenvalue weighted by Crippen LogP contribution is 2.28. The van der Waals surface area contributed by atoms with Crippen LogP contribution in [0.2, 0.25) is 5.02 Å². The summed E-state index contributed by atoms with van der Waals surface area (Å²) in [5.41, 5.74) is 0.849. The van der Waals surface area contributed by atoms with Gasteiger partial charge in [0.25, 0.3) is 0 Å². The fourth-order valence-corrected chi connectivity index (χ4v) is 5.15. The van der Waals surface area contributed by atoms with Crippen LogP contribution in [0.5, 0.6) is 0 Å². The molecule has 150 valence electrons. The van der Waals surface area contributed by atoms with Gasteiger partial charge in [-0.1, -0.05) is 24.1 Å². The lowest BCUT2D eigenvalue weighted by atomic mass is 10.0. The monoisotopic (exact) mass is 424 g/mol. The predicted molar refractivity (Wildman–Crippen MR) is 107 cm³/mol. The van der Waals surface area contributed by atoms with Crippen molar-refractivity contribution in [1.82, 2.24) is 4.31 Å². The van der Waals surface area contributed by atoms with E-state index in [0.717, 1.165) is 12.8 Å². The van der Waals surface area contributed by atoms with E-state index in [1.54, 1.807) is 19.1 Å². The van der Waals surface area contributed by atoms with Crippen LogP contribution in [-0.2, 0) is 14.8 Å². The van der Waals surface area contributed by atoms with Crippen LogP contribution in [0.4, 0.5) is 10.1 Å². The van der Waals surface area contributed by atoms with Crippen molar-refractivity contribution in [2.24, 2.45) is 0 Å². The molecule has 1 atom stereocenters. The number of benzene rings is 2. The van der Waals surface area contributed by atoms with Gasteiger partial charge in [0.1, 0.15) is 5.82 Å². The van der Waals surface area contributed by atoms with Gasteiger partial charge in [-0.15, -0.1) is 0 Å². The van der Waals surface area contributed by atoms with Crippen LogP contribution >= 0.6 is 11.6 Å². The summed E-state index contributed by atoms with van der Waals surface area (Å²) in [5, 5.41) is 3.12. The molecule has 0 spiro atoms. The van der Waals surface area contributed by atoms with Crippen LogP contribution in [0, 0.1) is 12.7 Å². The Morgan fingerprint density at radius 3 is 2.61 bits per heavy atom. The lowest BCUT2D eigenvalue weighted by molar-refractivity contribution is -0.117. The van der Waals surface area contributed by atoms with Gasteiger partial charge < -0.3 is 5.32 Å². The highest BCUT2D eigenvalue weighted by atomic mass is 35.5. The summed E-state index contributed by atoms with van der Waals surface area (Å²) in [6.45, 7) is 2.00. The maximum absolute atomic E-state index is 13.7. The number of nitrogens with zero attached hydrogens (tertiary/aromatic N) is 1. The second-order valence-corrected chi connectivity index (χ2v) is 9.26. The maximum atomic E-state index is 13.7. The Bertz CT molecular complexity index is 964. The molecule has 2 aromatic carbocycles. The van der Waals surface area contributed by atoms with Gasteiger partial charge in [-0.3, -0.25) is 4.79 Å². The first-order valence-corrected chi connectivity index (χ1v) is 10.9. The van der Waals surface area contributed by atoms with Crippen LogP contribution < -0.4 is 5.32 Å². The van der Waals surface area contributed by atoms with Crippen molar-refractivity contribution in [3.8, 4) is 0 Å². The number of hydrogen-bond acceptors (Lipinski definition) is 3.